The minimum atomic E-state index is -3.13. The molecule has 3 aromatic rings. The smallest absolute Gasteiger partial charge is 0.410 e. The zero-order valence-corrected chi connectivity index (χ0v) is 25.0. The molecular formula is C28H31ClF3N5O4S. The summed E-state index contributed by atoms with van der Waals surface area (Å²) in [4.78, 5) is 40.2. The van der Waals surface area contributed by atoms with Gasteiger partial charge in [-0.25, -0.2) is 22.9 Å². The molecule has 14 heteroatoms. The lowest BCUT2D eigenvalue weighted by molar-refractivity contribution is -0.0928. The van der Waals surface area contributed by atoms with Crippen LogP contribution in [0.4, 0.5) is 18.0 Å². The minimum absolute atomic E-state index is 0.0893. The Morgan fingerprint density at radius 2 is 1.93 bits per heavy atom. The highest BCUT2D eigenvalue weighted by Gasteiger charge is 2.54. The molecule has 0 radical (unpaired) electrons. The average molecular weight is 626 g/mol. The van der Waals surface area contributed by atoms with Crippen LogP contribution in [0.25, 0.3) is 10.9 Å². The second-order valence-electron chi connectivity index (χ2n) is 11.3. The first-order chi connectivity index (χ1) is 19.9. The number of benzene rings is 1. The summed E-state index contributed by atoms with van der Waals surface area (Å²) in [6.45, 7) is 5.70. The lowest BCUT2D eigenvalue weighted by atomic mass is 9.96. The quantitative estimate of drug-likeness (QED) is 0.209. The van der Waals surface area contributed by atoms with Crippen LogP contribution < -0.4 is 10.3 Å². The van der Waals surface area contributed by atoms with Crippen molar-refractivity contribution in [3.05, 3.63) is 57.2 Å². The van der Waals surface area contributed by atoms with E-state index in [4.69, 9.17) is 21.1 Å². The van der Waals surface area contributed by atoms with Crippen LogP contribution >= 0.6 is 23.4 Å². The Labute approximate surface area is 249 Å². The maximum Gasteiger partial charge on any atom is 0.410 e. The van der Waals surface area contributed by atoms with Crippen molar-refractivity contribution in [2.75, 3.05) is 12.8 Å². The largest absolute Gasteiger partial charge is 0.465 e. The van der Waals surface area contributed by atoms with Crippen molar-refractivity contribution in [1.82, 2.24) is 24.8 Å². The Hall–Kier alpha value is -3.03. The van der Waals surface area contributed by atoms with Crippen LogP contribution in [-0.2, 0) is 11.3 Å². The fourth-order valence-electron chi connectivity index (χ4n) is 5.72. The number of nitrogens with one attached hydrogen (secondary N) is 1. The minimum Gasteiger partial charge on any atom is -0.465 e. The molecular weight excluding hydrogens is 595 g/mol. The molecule has 0 aliphatic carbocycles. The summed E-state index contributed by atoms with van der Waals surface area (Å²) in [7, 11) is 0. The number of halogens is 4. The standard InChI is InChI=1S/C28H31ClF3N5O4S/c1-28(2,3)41-27(39)37-13-15-10-11-16(36(15)12-14-8-6-5-7-9-14)20(37)21(23(31)32)40-25-17-19(18(30)22(29)34-25)33-26(42-4)35-24(17)38/h5-9,15-16,20-21,23H,10-13H2,1-4H3,(H,33,35,38). The second kappa shape index (κ2) is 11.9. The van der Waals surface area contributed by atoms with Crippen molar-refractivity contribution < 1.29 is 27.4 Å². The number of aromatic nitrogens is 3. The predicted octanol–water partition coefficient (Wildman–Crippen LogP) is 5.50. The summed E-state index contributed by atoms with van der Waals surface area (Å²) < 4.78 is 56.5. The van der Waals surface area contributed by atoms with E-state index in [9.17, 15) is 14.0 Å². The highest BCUT2D eigenvalue weighted by Crippen LogP contribution is 2.40. The van der Waals surface area contributed by atoms with Crippen LogP contribution in [0.3, 0.4) is 0 Å². The van der Waals surface area contributed by atoms with Crippen LogP contribution in [-0.4, -0.2) is 79.9 Å². The highest BCUT2D eigenvalue weighted by atomic mass is 35.5. The van der Waals surface area contributed by atoms with Gasteiger partial charge < -0.3 is 14.5 Å². The molecule has 5 rings (SSSR count). The van der Waals surface area contributed by atoms with Crippen molar-refractivity contribution >= 4 is 40.4 Å². The summed E-state index contributed by atoms with van der Waals surface area (Å²) in [6, 6.07) is 7.79. The van der Waals surface area contributed by atoms with Crippen molar-refractivity contribution in [3.8, 4) is 5.88 Å². The number of piperazine rings is 1. The molecule has 2 aliphatic rings. The van der Waals surface area contributed by atoms with E-state index in [2.05, 4.69) is 19.9 Å². The summed E-state index contributed by atoms with van der Waals surface area (Å²) in [5, 5.41) is -1.04. The molecule has 4 unspecified atom stereocenters. The second-order valence-corrected chi connectivity index (χ2v) is 12.5. The number of pyridine rings is 1. The summed E-state index contributed by atoms with van der Waals surface area (Å²) in [6.07, 6.45) is -3.03. The first-order valence-corrected chi connectivity index (χ1v) is 15.0. The summed E-state index contributed by atoms with van der Waals surface area (Å²) >= 11 is 7.07. The van der Waals surface area contributed by atoms with E-state index >= 15 is 8.78 Å². The van der Waals surface area contributed by atoms with Gasteiger partial charge in [-0.3, -0.25) is 14.6 Å². The number of ether oxygens (including phenoxy) is 2. The molecule has 2 fully saturated rings. The third kappa shape index (κ3) is 6.04. The van der Waals surface area contributed by atoms with Crippen LogP contribution in [0, 0.1) is 5.82 Å². The molecule has 2 saturated heterocycles. The number of H-pyrrole nitrogens is 1. The van der Waals surface area contributed by atoms with Crippen molar-refractivity contribution in [1.29, 1.82) is 0 Å². The van der Waals surface area contributed by atoms with Gasteiger partial charge >= 0.3 is 6.09 Å². The number of aromatic amines is 1. The molecule has 1 amide bonds. The highest BCUT2D eigenvalue weighted by molar-refractivity contribution is 7.98. The fraction of sp³-hybridized carbons (Fsp3) is 0.500. The van der Waals surface area contributed by atoms with Gasteiger partial charge in [0.1, 0.15) is 16.5 Å². The van der Waals surface area contributed by atoms with Gasteiger partial charge in [0.05, 0.1) is 6.04 Å². The van der Waals surface area contributed by atoms with Gasteiger partial charge in [-0.1, -0.05) is 53.7 Å². The Balaban J connectivity index is 1.59. The molecule has 2 bridgehead atoms. The third-order valence-corrected chi connectivity index (χ3v) is 8.24. The van der Waals surface area contributed by atoms with Crippen molar-refractivity contribution in [2.24, 2.45) is 0 Å². The number of carbonyl (C=O) groups is 1. The number of thioether (sulfide) groups is 1. The zero-order chi connectivity index (χ0) is 30.3. The summed E-state index contributed by atoms with van der Waals surface area (Å²) in [5.41, 5.74) is -1.16. The average Bonchev–Trinajstić information content (AvgIpc) is 3.19. The molecule has 4 heterocycles. The fourth-order valence-corrected chi connectivity index (χ4v) is 6.27. The monoisotopic (exact) mass is 625 g/mol. The van der Waals surface area contributed by atoms with Crippen LogP contribution in [0.15, 0.2) is 40.3 Å². The number of rotatable bonds is 7. The Bertz CT molecular complexity index is 1520. The SMILES string of the molecule is CSc1nc2c(F)c(Cl)nc(OC(C(F)F)C3C4CCC(CN3C(=O)OC(C)(C)C)N4Cc3ccccc3)c2c(=O)[nH]1. The first-order valence-electron chi connectivity index (χ1n) is 13.4. The molecule has 1 N–H and O–H groups in total. The number of fused-ring (bicyclic) bond motifs is 3. The van der Waals surface area contributed by atoms with Crippen LogP contribution in [0.1, 0.15) is 39.2 Å². The number of alkyl halides is 2. The molecule has 0 spiro atoms. The van der Waals surface area contributed by atoms with E-state index in [0.29, 0.717) is 19.4 Å². The van der Waals surface area contributed by atoms with E-state index in [1.165, 1.54) is 4.90 Å². The molecule has 1 aromatic carbocycles. The maximum atomic E-state index is 15.1. The molecule has 2 aromatic heterocycles. The van der Waals surface area contributed by atoms with E-state index in [-0.39, 0.29) is 17.7 Å². The number of likely N-dealkylation sites (tertiary alicyclic amines) is 1. The van der Waals surface area contributed by atoms with Gasteiger partial charge in [-0.05, 0) is 45.4 Å². The Morgan fingerprint density at radius 1 is 1.21 bits per heavy atom. The molecule has 0 saturated carbocycles. The lowest BCUT2D eigenvalue weighted by Crippen LogP contribution is -2.67. The Kier molecular flexibility index (Phi) is 8.64. The van der Waals surface area contributed by atoms with Crippen molar-refractivity contribution in [3.63, 3.8) is 0 Å². The van der Waals surface area contributed by atoms with Gasteiger partial charge in [0, 0.05) is 25.2 Å². The van der Waals surface area contributed by atoms with Crippen LogP contribution in [0.2, 0.25) is 5.15 Å². The number of nitrogens with zero attached hydrogens (tertiary/aromatic N) is 4. The van der Waals surface area contributed by atoms with Gasteiger partial charge in [-0.2, -0.15) is 4.98 Å². The van der Waals surface area contributed by atoms with Crippen LogP contribution in [0.5, 0.6) is 5.88 Å². The van der Waals surface area contributed by atoms with Gasteiger partial charge in [0.25, 0.3) is 12.0 Å². The first kappa shape index (κ1) is 30.4. The molecule has 4 atom stereocenters. The molecule has 226 valence electrons. The molecule has 2 aliphatic heterocycles. The normalized spacial score (nSPS) is 21.6. The van der Waals surface area contributed by atoms with Crippen molar-refractivity contribution in [2.45, 2.75) is 81.6 Å². The van der Waals surface area contributed by atoms with Gasteiger partial charge in [0.15, 0.2) is 22.2 Å². The number of hydrogen-bond acceptors (Lipinski definition) is 8. The van der Waals surface area contributed by atoms with Gasteiger partial charge in [0.2, 0.25) is 5.88 Å². The van der Waals surface area contributed by atoms with E-state index < -0.39 is 69.6 Å². The lowest BCUT2D eigenvalue weighted by Gasteiger charge is -2.49. The van der Waals surface area contributed by atoms with E-state index in [1.54, 1.807) is 27.0 Å². The predicted molar refractivity (Wildman–Crippen MR) is 153 cm³/mol. The summed E-state index contributed by atoms with van der Waals surface area (Å²) in [5.74, 6) is -1.67. The topological polar surface area (TPSA) is 101 Å². The zero-order valence-electron chi connectivity index (χ0n) is 23.4. The number of amides is 1. The molecule has 9 nitrogen and oxygen atoms in total. The van der Waals surface area contributed by atoms with E-state index in [0.717, 1.165) is 17.3 Å². The Morgan fingerprint density at radius 3 is 2.57 bits per heavy atom. The number of carbonyl (C=O) groups excluding carboxylic acids is 1. The maximum absolute atomic E-state index is 15.1. The van der Waals surface area contributed by atoms with Gasteiger partial charge in [-0.15, -0.1) is 0 Å². The number of hydrogen-bond donors (Lipinski definition) is 1. The van der Waals surface area contributed by atoms with E-state index in [1.807, 2.05) is 30.3 Å². The third-order valence-electron chi connectivity index (χ3n) is 7.41. The molecule has 42 heavy (non-hydrogen) atoms.